The van der Waals surface area contributed by atoms with Gasteiger partial charge in [0.15, 0.2) is 0 Å². The third-order valence-electron chi connectivity index (χ3n) is 4.42. The molecule has 0 radical (unpaired) electrons. The van der Waals surface area contributed by atoms with Crippen molar-refractivity contribution in [3.05, 3.63) is 33.8 Å². The molecule has 1 saturated carbocycles. The standard InChI is InChI=1S/C17H20BrNO3/c1-17(2,3)14-12-8-7-11(18)9-13(12)15(20)19(14)22-16(21)10-5-4-6-10/h7-10,14H,4-6H2,1-3H3. The minimum Gasteiger partial charge on any atom is -0.337 e. The summed E-state index contributed by atoms with van der Waals surface area (Å²) in [5.41, 5.74) is 1.30. The summed E-state index contributed by atoms with van der Waals surface area (Å²) < 4.78 is 0.847. The fraction of sp³-hybridized carbons (Fsp3) is 0.529. The highest BCUT2D eigenvalue weighted by atomic mass is 79.9. The van der Waals surface area contributed by atoms with Crippen LogP contribution in [0.1, 0.15) is 62.0 Å². The number of hydrogen-bond acceptors (Lipinski definition) is 3. The molecule has 0 spiro atoms. The second-order valence-corrected chi connectivity index (χ2v) is 8.08. The van der Waals surface area contributed by atoms with E-state index >= 15 is 0 Å². The molecule has 0 aromatic heterocycles. The zero-order valence-corrected chi connectivity index (χ0v) is 14.6. The Morgan fingerprint density at radius 3 is 2.55 bits per heavy atom. The zero-order chi connectivity index (χ0) is 16.1. The minimum absolute atomic E-state index is 0.0520. The lowest BCUT2D eigenvalue weighted by Gasteiger charge is -2.35. The van der Waals surface area contributed by atoms with E-state index in [1.54, 1.807) is 6.07 Å². The molecule has 0 saturated heterocycles. The third kappa shape index (κ3) is 2.56. The van der Waals surface area contributed by atoms with Crippen molar-refractivity contribution in [2.45, 2.75) is 46.1 Å². The van der Waals surface area contributed by atoms with Crippen LogP contribution in [0, 0.1) is 11.3 Å². The van der Waals surface area contributed by atoms with Crippen LogP contribution in [-0.2, 0) is 9.63 Å². The van der Waals surface area contributed by atoms with Crippen LogP contribution >= 0.6 is 15.9 Å². The molecule has 3 rings (SSSR count). The molecule has 5 heteroatoms. The van der Waals surface area contributed by atoms with E-state index in [-0.39, 0.29) is 29.3 Å². The second-order valence-electron chi connectivity index (χ2n) is 7.17. The quantitative estimate of drug-likeness (QED) is 0.786. The summed E-state index contributed by atoms with van der Waals surface area (Å²) in [7, 11) is 0. The van der Waals surface area contributed by atoms with E-state index in [9.17, 15) is 9.59 Å². The molecule has 1 unspecified atom stereocenters. The minimum atomic E-state index is -0.277. The Balaban J connectivity index is 1.94. The predicted octanol–water partition coefficient (Wildman–Crippen LogP) is 4.25. The average molecular weight is 366 g/mol. The van der Waals surface area contributed by atoms with Crippen LogP contribution in [-0.4, -0.2) is 16.9 Å². The highest BCUT2D eigenvalue weighted by Gasteiger charge is 2.46. The predicted molar refractivity (Wildman–Crippen MR) is 85.9 cm³/mol. The molecule has 118 valence electrons. The molecule has 22 heavy (non-hydrogen) atoms. The average Bonchev–Trinajstić information content (AvgIpc) is 2.60. The monoisotopic (exact) mass is 365 g/mol. The fourth-order valence-electron chi connectivity index (χ4n) is 3.04. The zero-order valence-electron chi connectivity index (χ0n) is 13.1. The molecule has 0 N–H and O–H groups in total. The first kappa shape index (κ1) is 15.5. The lowest BCUT2D eigenvalue weighted by Crippen LogP contribution is -2.39. The summed E-state index contributed by atoms with van der Waals surface area (Å²) in [5.74, 6) is -0.562. The summed E-state index contributed by atoms with van der Waals surface area (Å²) in [4.78, 5) is 30.4. The molecule has 1 aliphatic heterocycles. The van der Waals surface area contributed by atoms with E-state index in [2.05, 4.69) is 15.9 Å². The Kier molecular flexibility index (Phi) is 3.79. The van der Waals surface area contributed by atoms with Crippen molar-refractivity contribution in [1.82, 2.24) is 5.06 Å². The molecule has 4 nitrogen and oxygen atoms in total. The maximum Gasteiger partial charge on any atom is 0.335 e. The number of nitrogens with zero attached hydrogens (tertiary/aromatic N) is 1. The number of benzene rings is 1. The molecular weight excluding hydrogens is 346 g/mol. The summed E-state index contributed by atoms with van der Waals surface area (Å²) in [6, 6.07) is 5.40. The lowest BCUT2D eigenvalue weighted by atomic mass is 9.83. The number of carbonyl (C=O) groups excluding carboxylic acids is 2. The summed E-state index contributed by atoms with van der Waals surface area (Å²) >= 11 is 3.40. The van der Waals surface area contributed by atoms with Crippen molar-refractivity contribution in [3.63, 3.8) is 0 Å². The van der Waals surface area contributed by atoms with Gasteiger partial charge in [-0.3, -0.25) is 4.79 Å². The molecule has 1 atom stereocenters. The van der Waals surface area contributed by atoms with Gasteiger partial charge < -0.3 is 4.84 Å². The molecule has 1 fully saturated rings. The van der Waals surface area contributed by atoms with Gasteiger partial charge in [-0.1, -0.05) is 49.2 Å². The molecule has 1 heterocycles. The Morgan fingerprint density at radius 1 is 1.32 bits per heavy atom. The summed E-state index contributed by atoms with van der Waals surface area (Å²) in [6.45, 7) is 6.14. The number of hydroxylamine groups is 2. The van der Waals surface area contributed by atoms with E-state index in [0.717, 1.165) is 29.3 Å². The van der Waals surface area contributed by atoms with E-state index in [4.69, 9.17) is 4.84 Å². The third-order valence-corrected chi connectivity index (χ3v) is 4.92. The number of carbonyl (C=O) groups is 2. The Morgan fingerprint density at radius 2 is 2.00 bits per heavy atom. The van der Waals surface area contributed by atoms with Crippen LogP contribution in [0.3, 0.4) is 0 Å². The number of hydrogen-bond donors (Lipinski definition) is 0. The van der Waals surface area contributed by atoms with E-state index in [1.807, 2.05) is 32.9 Å². The molecule has 1 aromatic carbocycles. The molecular formula is C17H20BrNO3. The van der Waals surface area contributed by atoms with Crippen LogP contribution in [0.4, 0.5) is 0 Å². The van der Waals surface area contributed by atoms with Gasteiger partial charge in [0.25, 0.3) is 5.91 Å². The number of rotatable bonds is 2. The van der Waals surface area contributed by atoms with Crippen LogP contribution in [0.15, 0.2) is 22.7 Å². The topological polar surface area (TPSA) is 46.6 Å². The number of fused-ring (bicyclic) bond motifs is 1. The van der Waals surface area contributed by atoms with Gasteiger partial charge in [-0.2, -0.15) is 5.06 Å². The summed E-state index contributed by atoms with van der Waals surface area (Å²) in [5, 5.41) is 1.29. The molecule has 1 aromatic rings. The van der Waals surface area contributed by atoms with E-state index in [0.29, 0.717) is 5.56 Å². The van der Waals surface area contributed by atoms with E-state index in [1.165, 1.54) is 5.06 Å². The van der Waals surface area contributed by atoms with Gasteiger partial charge in [-0.05, 0) is 36.0 Å². The van der Waals surface area contributed by atoms with Gasteiger partial charge in [0.2, 0.25) is 0 Å². The summed E-state index contributed by atoms with van der Waals surface area (Å²) in [6.07, 6.45) is 2.78. The van der Waals surface area contributed by atoms with Crippen LogP contribution in [0.2, 0.25) is 0 Å². The first-order valence-electron chi connectivity index (χ1n) is 7.64. The highest BCUT2D eigenvalue weighted by Crippen LogP contribution is 2.46. The molecule has 2 aliphatic rings. The number of halogens is 1. The maximum absolute atomic E-state index is 12.7. The lowest BCUT2D eigenvalue weighted by molar-refractivity contribution is -0.199. The van der Waals surface area contributed by atoms with Crippen molar-refractivity contribution in [1.29, 1.82) is 0 Å². The second kappa shape index (κ2) is 5.37. The Bertz CT molecular complexity index is 631. The smallest absolute Gasteiger partial charge is 0.335 e. The fourth-order valence-corrected chi connectivity index (χ4v) is 3.40. The number of amides is 1. The van der Waals surface area contributed by atoms with Crippen LogP contribution in [0.5, 0.6) is 0 Å². The van der Waals surface area contributed by atoms with Crippen molar-refractivity contribution in [3.8, 4) is 0 Å². The molecule has 1 aliphatic carbocycles. The maximum atomic E-state index is 12.7. The molecule has 1 amide bonds. The first-order valence-corrected chi connectivity index (χ1v) is 8.43. The van der Waals surface area contributed by atoms with E-state index < -0.39 is 0 Å². The van der Waals surface area contributed by atoms with Crippen LogP contribution in [0.25, 0.3) is 0 Å². The van der Waals surface area contributed by atoms with Gasteiger partial charge in [0.1, 0.15) is 6.04 Å². The van der Waals surface area contributed by atoms with Crippen molar-refractivity contribution in [2.24, 2.45) is 11.3 Å². The van der Waals surface area contributed by atoms with Crippen molar-refractivity contribution < 1.29 is 14.4 Å². The molecule has 0 bridgehead atoms. The van der Waals surface area contributed by atoms with Gasteiger partial charge in [-0.15, -0.1) is 0 Å². The Hall–Kier alpha value is -1.36. The highest BCUT2D eigenvalue weighted by molar-refractivity contribution is 9.10. The van der Waals surface area contributed by atoms with Crippen molar-refractivity contribution >= 4 is 27.8 Å². The van der Waals surface area contributed by atoms with Crippen molar-refractivity contribution in [2.75, 3.05) is 0 Å². The van der Waals surface area contributed by atoms with Gasteiger partial charge in [0, 0.05) is 10.0 Å². The SMILES string of the molecule is CC(C)(C)C1c2ccc(Br)cc2C(=O)N1OC(=O)C1CCC1. The van der Waals surface area contributed by atoms with Gasteiger partial charge >= 0.3 is 5.97 Å². The van der Waals surface area contributed by atoms with Gasteiger partial charge in [0.05, 0.1) is 5.92 Å². The normalized spacial score (nSPS) is 21.5. The largest absolute Gasteiger partial charge is 0.337 e. The first-order chi connectivity index (χ1) is 10.3. The Labute approximate surface area is 138 Å². The van der Waals surface area contributed by atoms with Gasteiger partial charge in [-0.25, -0.2) is 4.79 Å². The van der Waals surface area contributed by atoms with Crippen LogP contribution < -0.4 is 0 Å².